The predicted molar refractivity (Wildman–Crippen MR) is 46.6 cm³/mol. The van der Waals surface area contributed by atoms with Crippen LogP contribution in [0.4, 0.5) is 0 Å². The average Bonchev–Trinajstić information content (AvgIpc) is 2.04. The molecule has 0 saturated carbocycles. The van der Waals surface area contributed by atoms with E-state index in [4.69, 9.17) is 5.73 Å². The molecule has 0 amide bonds. The second-order valence-corrected chi connectivity index (χ2v) is 3.32. The maximum absolute atomic E-state index is 5.92. The Kier molecular flexibility index (Phi) is 1.81. The lowest BCUT2D eigenvalue weighted by Gasteiger charge is -2.20. The molecule has 1 aliphatic rings. The van der Waals surface area contributed by atoms with Crippen LogP contribution in [-0.2, 0) is 6.42 Å². The van der Waals surface area contributed by atoms with Crippen LogP contribution in [0.1, 0.15) is 36.0 Å². The number of hydrogen-bond acceptors (Lipinski definition) is 3. The summed E-state index contributed by atoms with van der Waals surface area (Å²) in [5, 5.41) is 0. The molecule has 0 aromatic carbocycles. The smallest absolute Gasteiger partial charge is 0.125 e. The quantitative estimate of drug-likeness (QED) is 0.623. The second-order valence-electron chi connectivity index (χ2n) is 3.32. The van der Waals surface area contributed by atoms with Crippen molar-refractivity contribution in [3.8, 4) is 0 Å². The maximum atomic E-state index is 5.92. The van der Waals surface area contributed by atoms with Crippen molar-refractivity contribution in [1.82, 2.24) is 9.97 Å². The number of aryl methyl sites for hydroxylation is 2. The molecule has 0 aliphatic heterocycles. The number of fused-ring (bicyclic) bond motifs is 1. The first-order valence-corrected chi connectivity index (χ1v) is 4.35. The minimum Gasteiger partial charge on any atom is -0.324 e. The van der Waals surface area contributed by atoms with E-state index in [9.17, 15) is 0 Å². The fourth-order valence-corrected chi connectivity index (χ4v) is 1.68. The number of hydrogen-bond donors (Lipinski definition) is 1. The first-order valence-electron chi connectivity index (χ1n) is 4.35. The molecule has 2 rings (SSSR count). The summed E-state index contributed by atoms with van der Waals surface area (Å²) in [6.45, 7) is 1.92. The third-order valence-corrected chi connectivity index (χ3v) is 2.35. The SMILES string of the molecule is Cc1ncc2c(n1)CCC[C@H]2N. The molecule has 1 aromatic heterocycles. The zero-order valence-electron chi connectivity index (χ0n) is 7.25. The highest BCUT2D eigenvalue weighted by atomic mass is 14.9. The molecule has 0 spiro atoms. The minimum absolute atomic E-state index is 0.161. The van der Waals surface area contributed by atoms with Gasteiger partial charge >= 0.3 is 0 Å². The average molecular weight is 163 g/mol. The Bertz CT molecular complexity index is 296. The third kappa shape index (κ3) is 1.20. The van der Waals surface area contributed by atoms with E-state index < -0.39 is 0 Å². The second kappa shape index (κ2) is 2.83. The molecule has 64 valence electrons. The monoisotopic (exact) mass is 163 g/mol. The van der Waals surface area contributed by atoms with Crippen molar-refractivity contribution in [2.24, 2.45) is 5.73 Å². The van der Waals surface area contributed by atoms with Gasteiger partial charge in [-0.15, -0.1) is 0 Å². The van der Waals surface area contributed by atoms with Crippen molar-refractivity contribution in [2.45, 2.75) is 32.2 Å². The normalized spacial score (nSPS) is 22.0. The Balaban J connectivity index is 2.46. The van der Waals surface area contributed by atoms with Crippen LogP contribution in [-0.4, -0.2) is 9.97 Å². The van der Waals surface area contributed by atoms with Crippen LogP contribution in [0.3, 0.4) is 0 Å². The standard InChI is InChI=1S/C9H13N3/c1-6-11-5-7-8(10)3-2-4-9(7)12-6/h5,8H,2-4,10H2,1H3/t8-/m1/s1. The Morgan fingerprint density at radius 3 is 3.25 bits per heavy atom. The third-order valence-electron chi connectivity index (χ3n) is 2.35. The summed E-state index contributed by atoms with van der Waals surface area (Å²) < 4.78 is 0. The van der Waals surface area contributed by atoms with Gasteiger partial charge in [-0.2, -0.15) is 0 Å². The summed E-state index contributed by atoms with van der Waals surface area (Å²) in [5.74, 6) is 0.850. The molecule has 0 unspecified atom stereocenters. The highest BCUT2D eigenvalue weighted by molar-refractivity contribution is 5.23. The molecule has 3 nitrogen and oxygen atoms in total. The van der Waals surface area contributed by atoms with E-state index in [1.165, 1.54) is 0 Å². The summed E-state index contributed by atoms with van der Waals surface area (Å²) >= 11 is 0. The lowest BCUT2D eigenvalue weighted by Crippen LogP contribution is -2.19. The van der Waals surface area contributed by atoms with Gasteiger partial charge < -0.3 is 5.73 Å². The number of nitrogens with zero attached hydrogens (tertiary/aromatic N) is 2. The van der Waals surface area contributed by atoms with Crippen molar-refractivity contribution < 1.29 is 0 Å². The van der Waals surface area contributed by atoms with Gasteiger partial charge in [-0.25, -0.2) is 9.97 Å². The highest BCUT2D eigenvalue weighted by Gasteiger charge is 2.17. The molecule has 0 radical (unpaired) electrons. The van der Waals surface area contributed by atoms with Gasteiger partial charge in [-0.1, -0.05) is 0 Å². The van der Waals surface area contributed by atoms with Gasteiger partial charge in [0.05, 0.1) is 0 Å². The Labute approximate surface area is 72.0 Å². The van der Waals surface area contributed by atoms with E-state index in [0.717, 1.165) is 36.3 Å². The van der Waals surface area contributed by atoms with E-state index in [0.29, 0.717) is 0 Å². The zero-order chi connectivity index (χ0) is 8.55. The number of aromatic nitrogens is 2. The summed E-state index contributed by atoms with van der Waals surface area (Å²) in [5.41, 5.74) is 8.22. The van der Waals surface area contributed by atoms with Gasteiger partial charge in [-0.05, 0) is 26.2 Å². The lowest BCUT2D eigenvalue weighted by molar-refractivity contribution is 0.554. The summed E-state index contributed by atoms with van der Waals surface area (Å²) in [4.78, 5) is 8.52. The minimum atomic E-state index is 0.161. The van der Waals surface area contributed by atoms with Crippen LogP contribution in [0.15, 0.2) is 6.20 Å². The van der Waals surface area contributed by atoms with Gasteiger partial charge in [0, 0.05) is 23.5 Å². The maximum Gasteiger partial charge on any atom is 0.125 e. The summed E-state index contributed by atoms with van der Waals surface area (Å²) in [7, 11) is 0. The molecular weight excluding hydrogens is 150 g/mol. The van der Waals surface area contributed by atoms with E-state index >= 15 is 0 Å². The van der Waals surface area contributed by atoms with E-state index in [-0.39, 0.29) is 6.04 Å². The zero-order valence-corrected chi connectivity index (χ0v) is 7.25. The van der Waals surface area contributed by atoms with Gasteiger partial charge in [0.2, 0.25) is 0 Å². The molecule has 0 saturated heterocycles. The topological polar surface area (TPSA) is 51.8 Å². The van der Waals surface area contributed by atoms with Crippen molar-refractivity contribution in [2.75, 3.05) is 0 Å². The first-order chi connectivity index (χ1) is 5.77. The van der Waals surface area contributed by atoms with Gasteiger partial charge in [-0.3, -0.25) is 0 Å². The molecule has 1 aromatic rings. The van der Waals surface area contributed by atoms with Crippen LogP contribution < -0.4 is 5.73 Å². The van der Waals surface area contributed by atoms with E-state index in [1.807, 2.05) is 13.1 Å². The van der Waals surface area contributed by atoms with Gasteiger partial charge in [0.25, 0.3) is 0 Å². The fourth-order valence-electron chi connectivity index (χ4n) is 1.68. The molecular formula is C9H13N3. The summed E-state index contributed by atoms with van der Waals surface area (Å²) in [6, 6.07) is 0.161. The van der Waals surface area contributed by atoms with E-state index in [2.05, 4.69) is 9.97 Å². The Morgan fingerprint density at radius 1 is 1.58 bits per heavy atom. The molecule has 1 heterocycles. The van der Waals surface area contributed by atoms with E-state index in [1.54, 1.807) is 0 Å². The molecule has 0 bridgehead atoms. The van der Waals surface area contributed by atoms with Crippen LogP contribution in [0.25, 0.3) is 0 Å². The summed E-state index contributed by atoms with van der Waals surface area (Å²) in [6.07, 6.45) is 5.16. The van der Waals surface area contributed by atoms with Crippen LogP contribution >= 0.6 is 0 Å². The molecule has 1 aliphatic carbocycles. The van der Waals surface area contributed by atoms with Crippen LogP contribution in [0.2, 0.25) is 0 Å². The largest absolute Gasteiger partial charge is 0.324 e. The van der Waals surface area contributed by atoms with Crippen molar-refractivity contribution in [3.05, 3.63) is 23.3 Å². The number of rotatable bonds is 0. The van der Waals surface area contributed by atoms with Gasteiger partial charge in [0.15, 0.2) is 0 Å². The molecule has 12 heavy (non-hydrogen) atoms. The van der Waals surface area contributed by atoms with Crippen molar-refractivity contribution >= 4 is 0 Å². The Morgan fingerprint density at radius 2 is 2.42 bits per heavy atom. The van der Waals surface area contributed by atoms with Crippen LogP contribution in [0, 0.1) is 6.92 Å². The molecule has 0 fully saturated rings. The molecule has 1 atom stereocenters. The van der Waals surface area contributed by atoms with Crippen molar-refractivity contribution in [1.29, 1.82) is 0 Å². The van der Waals surface area contributed by atoms with Crippen molar-refractivity contribution in [3.63, 3.8) is 0 Å². The fraction of sp³-hybridized carbons (Fsp3) is 0.556. The molecule has 3 heteroatoms. The number of nitrogens with two attached hydrogens (primary N) is 1. The Hall–Kier alpha value is -0.960. The highest BCUT2D eigenvalue weighted by Crippen LogP contribution is 2.25. The molecule has 2 N–H and O–H groups in total. The lowest BCUT2D eigenvalue weighted by atomic mass is 9.93. The van der Waals surface area contributed by atoms with Gasteiger partial charge in [0.1, 0.15) is 5.82 Å². The van der Waals surface area contributed by atoms with Crippen LogP contribution in [0.5, 0.6) is 0 Å². The predicted octanol–water partition coefficient (Wildman–Crippen LogP) is 1.12. The first kappa shape index (κ1) is 7.68.